The molecule has 0 unspecified atom stereocenters. The van der Waals surface area contributed by atoms with E-state index < -0.39 is 0 Å². The van der Waals surface area contributed by atoms with Gasteiger partial charge in [0, 0.05) is 18.7 Å². The number of amides is 1. The van der Waals surface area contributed by atoms with Gasteiger partial charge in [0.05, 0.1) is 11.4 Å². The van der Waals surface area contributed by atoms with Gasteiger partial charge < -0.3 is 4.90 Å². The highest BCUT2D eigenvalue weighted by Gasteiger charge is 2.20. The Morgan fingerprint density at radius 3 is 2.60 bits per heavy atom. The van der Waals surface area contributed by atoms with E-state index >= 15 is 0 Å². The molecule has 5 heteroatoms. The molecule has 0 spiro atoms. The maximum atomic E-state index is 12.3. The topological polar surface area (TPSA) is 46.1 Å². The first-order chi connectivity index (χ1) is 12.0. The molecule has 1 aromatic carbocycles. The molecule has 0 atom stereocenters. The average Bonchev–Trinajstić information content (AvgIpc) is 2.63. The zero-order chi connectivity index (χ0) is 17.8. The van der Waals surface area contributed by atoms with Crippen LogP contribution >= 0.6 is 11.8 Å². The largest absolute Gasteiger partial charge is 0.342 e. The minimum atomic E-state index is 0.206. The Morgan fingerprint density at radius 2 is 1.92 bits per heavy atom. The minimum Gasteiger partial charge on any atom is -0.342 e. The van der Waals surface area contributed by atoms with Crippen molar-refractivity contribution in [2.45, 2.75) is 38.6 Å². The Kier molecular flexibility index (Phi) is 5.74. The molecule has 0 bridgehead atoms. The molecule has 1 amide bonds. The highest BCUT2D eigenvalue weighted by atomic mass is 32.2. The summed E-state index contributed by atoms with van der Waals surface area (Å²) in [6.45, 7) is 8.18. The molecule has 1 aromatic heterocycles. The van der Waals surface area contributed by atoms with Crippen LogP contribution in [0.15, 0.2) is 35.4 Å². The first kappa shape index (κ1) is 17.9. The number of aromatic nitrogens is 2. The van der Waals surface area contributed by atoms with Crippen LogP contribution in [-0.2, 0) is 4.79 Å². The summed E-state index contributed by atoms with van der Waals surface area (Å²) in [5, 5.41) is 9.45. The Bertz CT molecular complexity index is 737. The number of benzene rings is 1. The molecule has 1 aliphatic heterocycles. The average molecular weight is 356 g/mol. The molecule has 4 nitrogen and oxygen atoms in total. The van der Waals surface area contributed by atoms with Crippen molar-refractivity contribution < 1.29 is 4.79 Å². The van der Waals surface area contributed by atoms with Crippen LogP contribution < -0.4 is 0 Å². The van der Waals surface area contributed by atoms with Gasteiger partial charge in [-0.1, -0.05) is 36.4 Å². The molecule has 3 rings (SSSR count). The summed E-state index contributed by atoms with van der Waals surface area (Å²) in [7, 11) is 0. The number of carbonyl (C=O) groups excluding carboxylic acids is 1. The minimum absolute atomic E-state index is 0.206. The van der Waals surface area contributed by atoms with Gasteiger partial charge in [-0.3, -0.25) is 4.79 Å². The van der Waals surface area contributed by atoms with E-state index in [-0.39, 0.29) is 5.91 Å². The van der Waals surface area contributed by atoms with Gasteiger partial charge >= 0.3 is 0 Å². The van der Waals surface area contributed by atoms with E-state index in [1.807, 2.05) is 17.0 Å². The van der Waals surface area contributed by atoms with E-state index in [4.69, 9.17) is 0 Å². The first-order valence-corrected chi connectivity index (χ1v) is 9.83. The zero-order valence-electron chi connectivity index (χ0n) is 15.2. The second-order valence-electron chi connectivity index (χ2n) is 6.93. The molecule has 0 N–H and O–H groups in total. The van der Waals surface area contributed by atoms with Crippen LogP contribution in [0, 0.1) is 19.8 Å². The molecule has 1 saturated heterocycles. The van der Waals surface area contributed by atoms with Gasteiger partial charge in [0.2, 0.25) is 5.91 Å². The summed E-state index contributed by atoms with van der Waals surface area (Å²) in [5.74, 6) is 1.38. The number of hydrogen-bond donors (Lipinski definition) is 0. The molecule has 0 aliphatic carbocycles. The van der Waals surface area contributed by atoms with Gasteiger partial charge in [0.1, 0.15) is 5.03 Å². The van der Waals surface area contributed by atoms with Crippen LogP contribution in [-0.4, -0.2) is 39.8 Å². The van der Waals surface area contributed by atoms with Crippen LogP contribution in [0.5, 0.6) is 0 Å². The molecule has 2 heterocycles. The second kappa shape index (κ2) is 8.00. The van der Waals surface area contributed by atoms with Crippen molar-refractivity contribution in [1.29, 1.82) is 0 Å². The van der Waals surface area contributed by atoms with Crippen molar-refractivity contribution in [3.63, 3.8) is 0 Å². The smallest absolute Gasteiger partial charge is 0.232 e. The summed E-state index contributed by atoms with van der Waals surface area (Å²) in [6.07, 6.45) is 2.22. The molecule has 25 heavy (non-hydrogen) atoms. The number of thioether (sulfide) groups is 1. The van der Waals surface area contributed by atoms with Crippen LogP contribution in [0.3, 0.4) is 0 Å². The van der Waals surface area contributed by atoms with E-state index in [9.17, 15) is 4.79 Å². The molecular formula is C20H25N3OS. The molecule has 2 aromatic rings. The quantitative estimate of drug-likeness (QED) is 0.774. The molecule has 0 radical (unpaired) electrons. The summed E-state index contributed by atoms with van der Waals surface area (Å²) < 4.78 is 0. The summed E-state index contributed by atoms with van der Waals surface area (Å²) in [4.78, 5) is 14.3. The number of carbonyl (C=O) groups is 1. The number of piperidine rings is 1. The Balaban J connectivity index is 1.59. The van der Waals surface area contributed by atoms with Gasteiger partial charge in [-0.2, -0.15) is 0 Å². The molecule has 1 fully saturated rings. The van der Waals surface area contributed by atoms with Crippen molar-refractivity contribution >= 4 is 17.7 Å². The van der Waals surface area contributed by atoms with E-state index in [0.29, 0.717) is 5.75 Å². The fourth-order valence-electron chi connectivity index (χ4n) is 3.04. The highest BCUT2D eigenvalue weighted by molar-refractivity contribution is 7.99. The first-order valence-electron chi connectivity index (χ1n) is 8.85. The third-order valence-corrected chi connectivity index (χ3v) is 5.69. The van der Waals surface area contributed by atoms with Crippen LogP contribution in [0.2, 0.25) is 0 Å². The van der Waals surface area contributed by atoms with Gasteiger partial charge in [-0.05, 0) is 56.4 Å². The molecule has 0 saturated carbocycles. The number of aryl methyl sites for hydroxylation is 2. The normalized spacial score (nSPS) is 15.4. The third-order valence-electron chi connectivity index (χ3n) is 4.79. The second-order valence-corrected chi connectivity index (χ2v) is 7.92. The highest BCUT2D eigenvalue weighted by Crippen LogP contribution is 2.24. The SMILES string of the molecule is Cc1ccc(C)c(-c2ccc(SCC(=O)N3CCC(C)CC3)nn2)c1. The van der Waals surface area contributed by atoms with E-state index in [1.54, 1.807) is 0 Å². The third kappa shape index (κ3) is 4.60. The van der Waals surface area contributed by atoms with Gasteiger partial charge in [0.25, 0.3) is 0 Å². The van der Waals surface area contributed by atoms with E-state index in [1.165, 1.54) is 22.9 Å². The lowest BCUT2D eigenvalue weighted by Crippen LogP contribution is -2.38. The monoisotopic (exact) mass is 355 g/mol. The zero-order valence-corrected chi connectivity index (χ0v) is 16.0. The van der Waals surface area contributed by atoms with Crippen molar-refractivity contribution in [2.24, 2.45) is 5.92 Å². The summed E-state index contributed by atoms with van der Waals surface area (Å²) >= 11 is 1.47. The maximum Gasteiger partial charge on any atom is 0.232 e. The maximum absolute atomic E-state index is 12.3. The Morgan fingerprint density at radius 1 is 1.16 bits per heavy atom. The van der Waals surface area contributed by atoms with Crippen molar-refractivity contribution in [3.05, 3.63) is 41.5 Å². The fourth-order valence-corrected chi connectivity index (χ4v) is 3.75. The Hall–Kier alpha value is -1.88. The Labute approximate surface area is 154 Å². The van der Waals surface area contributed by atoms with Crippen LogP contribution in [0.1, 0.15) is 30.9 Å². The lowest BCUT2D eigenvalue weighted by Gasteiger charge is -2.30. The van der Waals surface area contributed by atoms with Crippen molar-refractivity contribution in [2.75, 3.05) is 18.8 Å². The van der Waals surface area contributed by atoms with Gasteiger partial charge in [-0.25, -0.2) is 0 Å². The number of hydrogen-bond acceptors (Lipinski definition) is 4. The van der Waals surface area contributed by atoms with Gasteiger partial charge in [-0.15, -0.1) is 10.2 Å². The van der Waals surface area contributed by atoms with E-state index in [0.717, 1.165) is 48.1 Å². The number of likely N-dealkylation sites (tertiary alicyclic amines) is 1. The number of rotatable bonds is 4. The summed E-state index contributed by atoms with van der Waals surface area (Å²) in [5.41, 5.74) is 4.39. The van der Waals surface area contributed by atoms with E-state index in [2.05, 4.69) is 49.2 Å². The van der Waals surface area contributed by atoms with Crippen molar-refractivity contribution in [3.8, 4) is 11.3 Å². The lowest BCUT2D eigenvalue weighted by molar-refractivity contribution is -0.129. The molecular weight excluding hydrogens is 330 g/mol. The van der Waals surface area contributed by atoms with Crippen LogP contribution in [0.25, 0.3) is 11.3 Å². The standard InChI is InChI=1S/C20H25N3OS/c1-14-8-10-23(11-9-14)20(24)13-25-19-7-6-18(21-22-19)17-12-15(2)4-5-16(17)3/h4-7,12,14H,8-11,13H2,1-3H3. The predicted octanol–water partition coefficient (Wildman–Crippen LogP) is 4.11. The predicted molar refractivity (Wildman–Crippen MR) is 103 cm³/mol. The summed E-state index contributed by atoms with van der Waals surface area (Å²) in [6, 6.07) is 10.3. The molecule has 1 aliphatic rings. The molecule has 132 valence electrons. The van der Waals surface area contributed by atoms with Crippen LogP contribution in [0.4, 0.5) is 0 Å². The van der Waals surface area contributed by atoms with Crippen molar-refractivity contribution in [1.82, 2.24) is 15.1 Å². The fraction of sp³-hybridized carbons (Fsp3) is 0.450. The van der Waals surface area contributed by atoms with Gasteiger partial charge in [0.15, 0.2) is 0 Å². The number of nitrogens with zero attached hydrogens (tertiary/aromatic N) is 3. The lowest BCUT2D eigenvalue weighted by atomic mass is 9.99.